The van der Waals surface area contributed by atoms with E-state index in [-0.39, 0.29) is 0 Å². The smallest absolute Gasteiger partial charge is 0.206 e. The number of hydrazone groups is 1. The molecule has 0 N–H and O–H groups in total. The third-order valence-corrected chi connectivity index (χ3v) is 2.40. The highest BCUT2D eigenvalue weighted by Gasteiger charge is 2.16. The summed E-state index contributed by atoms with van der Waals surface area (Å²) in [5.41, 5.74) is 1.13. The highest BCUT2D eigenvalue weighted by atomic mass is 32.2. The van der Waals surface area contributed by atoms with Crippen LogP contribution >= 0.6 is 11.8 Å². The maximum absolute atomic E-state index is 4.32. The van der Waals surface area contributed by atoms with Gasteiger partial charge in [-0.05, 0) is 20.1 Å². The number of aliphatic imine (C=N–C) groups is 1. The number of hydrogen-bond acceptors (Lipinski definition) is 4. The van der Waals surface area contributed by atoms with Crippen LogP contribution in [0.3, 0.4) is 0 Å². The molecule has 0 fully saturated rings. The lowest BCUT2D eigenvalue weighted by molar-refractivity contribution is 0.325. The van der Waals surface area contributed by atoms with Gasteiger partial charge in [0.05, 0.1) is 6.04 Å². The Labute approximate surface area is 71.6 Å². The minimum atomic E-state index is 0.339. The van der Waals surface area contributed by atoms with Crippen molar-refractivity contribution < 1.29 is 0 Å². The second kappa shape index (κ2) is 3.26. The SMILES string of the molecule is CSC1=NN(C)C(C)C(C)=N1. The lowest BCUT2D eigenvalue weighted by Gasteiger charge is -2.25. The topological polar surface area (TPSA) is 28.0 Å². The molecular weight excluding hydrogens is 158 g/mol. The summed E-state index contributed by atoms with van der Waals surface area (Å²) in [5.74, 6) is 0. The second-order valence-electron chi connectivity index (χ2n) is 2.59. The molecule has 1 unspecified atom stereocenters. The molecule has 0 saturated carbocycles. The minimum absolute atomic E-state index is 0.339. The standard InChI is InChI=1S/C7H13N3S/c1-5-6(2)10(3)9-7(8-5)11-4/h6H,1-4H3. The summed E-state index contributed by atoms with van der Waals surface area (Å²) in [7, 11) is 1.97. The number of amidine groups is 1. The van der Waals surface area contributed by atoms with E-state index in [4.69, 9.17) is 0 Å². The Kier molecular flexibility index (Phi) is 2.54. The van der Waals surface area contributed by atoms with Crippen molar-refractivity contribution in [3.05, 3.63) is 0 Å². The molecule has 0 aromatic carbocycles. The van der Waals surface area contributed by atoms with Gasteiger partial charge in [-0.3, -0.25) is 5.01 Å². The first-order valence-electron chi connectivity index (χ1n) is 3.55. The summed E-state index contributed by atoms with van der Waals surface area (Å²) >= 11 is 1.58. The van der Waals surface area contributed by atoms with Crippen LogP contribution in [0.25, 0.3) is 0 Å². The van der Waals surface area contributed by atoms with Crippen molar-refractivity contribution in [2.45, 2.75) is 19.9 Å². The number of hydrogen-bond donors (Lipinski definition) is 0. The van der Waals surface area contributed by atoms with Crippen molar-refractivity contribution in [3.63, 3.8) is 0 Å². The Morgan fingerprint density at radius 1 is 1.55 bits per heavy atom. The fourth-order valence-electron chi connectivity index (χ4n) is 0.845. The lowest BCUT2D eigenvalue weighted by Crippen LogP contribution is -2.34. The van der Waals surface area contributed by atoms with Gasteiger partial charge < -0.3 is 0 Å². The van der Waals surface area contributed by atoms with Crippen molar-refractivity contribution in [1.82, 2.24) is 5.01 Å². The number of rotatable bonds is 0. The zero-order valence-corrected chi connectivity index (χ0v) is 8.14. The lowest BCUT2D eigenvalue weighted by atomic mass is 10.2. The Morgan fingerprint density at radius 3 is 2.64 bits per heavy atom. The Balaban J connectivity index is 2.82. The van der Waals surface area contributed by atoms with Crippen LogP contribution in [-0.4, -0.2) is 35.2 Å². The first-order chi connectivity index (χ1) is 5.15. The van der Waals surface area contributed by atoms with Crippen molar-refractivity contribution in [1.29, 1.82) is 0 Å². The molecule has 1 rings (SSSR count). The van der Waals surface area contributed by atoms with E-state index in [0.29, 0.717) is 6.04 Å². The second-order valence-corrected chi connectivity index (χ2v) is 3.36. The fraction of sp³-hybridized carbons (Fsp3) is 0.714. The van der Waals surface area contributed by atoms with E-state index in [0.717, 1.165) is 10.9 Å². The van der Waals surface area contributed by atoms with Gasteiger partial charge in [0.2, 0.25) is 5.17 Å². The molecule has 3 nitrogen and oxygen atoms in total. The number of nitrogens with zero attached hydrogens (tertiary/aromatic N) is 3. The molecule has 0 bridgehead atoms. The summed E-state index contributed by atoms with van der Waals surface area (Å²) in [6, 6.07) is 0.339. The average molecular weight is 171 g/mol. The zero-order valence-electron chi connectivity index (χ0n) is 7.33. The van der Waals surface area contributed by atoms with Gasteiger partial charge in [0.15, 0.2) is 0 Å². The molecule has 0 aliphatic carbocycles. The van der Waals surface area contributed by atoms with Gasteiger partial charge >= 0.3 is 0 Å². The Bertz CT molecular complexity index is 210. The van der Waals surface area contributed by atoms with Gasteiger partial charge in [0.1, 0.15) is 0 Å². The van der Waals surface area contributed by atoms with Crippen LogP contribution in [0.5, 0.6) is 0 Å². The van der Waals surface area contributed by atoms with Gasteiger partial charge in [-0.1, -0.05) is 11.8 Å². The van der Waals surface area contributed by atoms with Gasteiger partial charge in [-0.2, -0.15) is 0 Å². The van der Waals surface area contributed by atoms with Crippen molar-refractivity contribution in [2.75, 3.05) is 13.3 Å². The summed E-state index contributed by atoms with van der Waals surface area (Å²) in [4.78, 5) is 4.32. The molecule has 1 aliphatic rings. The third-order valence-electron chi connectivity index (χ3n) is 1.86. The third kappa shape index (κ3) is 1.74. The molecule has 0 saturated heterocycles. The van der Waals surface area contributed by atoms with E-state index in [1.165, 1.54) is 0 Å². The molecule has 1 aliphatic heterocycles. The molecule has 0 aromatic heterocycles. The van der Waals surface area contributed by atoms with E-state index in [1.807, 2.05) is 25.2 Å². The van der Waals surface area contributed by atoms with Crippen LogP contribution in [0.1, 0.15) is 13.8 Å². The monoisotopic (exact) mass is 171 g/mol. The first-order valence-corrected chi connectivity index (χ1v) is 4.78. The van der Waals surface area contributed by atoms with Gasteiger partial charge in [0, 0.05) is 12.8 Å². The van der Waals surface area contributed by atoms with Crippen LogP contribution in [0.2, 0.25) is 0 Å². The summed E-state index contributed by atoms with van der Waals surface area (Å²) in [6.07, 6.45) is 1.99. The number of thioether (sulfide) groups is 1. The summed E-state index contributed by atoms with van der Waals surface area (Å²) in [6.45, 7) is 4.13. The molecule has 62 valence electrons. The molecule has 0 spiro atoms. The van der Waals surface area contributed by atoms with Gasteiger partial charge in [0.25, 0.3) is 0 Å². The average Bonchev–Trinajstić information content (AvgIpc) is 1.99. The van der Waals surface area contributed by atoms with Crippen molar-refractivity contribution >= 4 is 22.6 Å². The molecule has 4 heteroatoms. The minimum Gasteiger partial charge on any atom is -0.289 e. The Hall–Kier alpha value is -0.510. The molecule has 0 radical (unpaired) electrons. The molecule has 11 heavy (non-hydrogen) atoms. The maximum atomic E-state index is 4.32. The summed E-state index contributed by atoms with van der Waals surface area (Å²) < 4.78 is 0. The molecule has 1 atom stereocenters. The molecule has 0 aromatic rings. The molecule has 1 heterocycles. The van der Waals surface area contributed by atoms with E-state index in [2.05, 4.69) is 17.0 Å². The highest BCUT2D eigenvalue weighted by Crippen LogP contribution is 2.11. The summed E-state index contributed by atoms with van der Waals surface area (Å²) in [5, 5.41) is 7.05. The predicted octanol–water partition coefficient (Wildman–Crippen LogP) is 1.42. The van der Waals surface area contributed by atoms with Crippen LogP contribution in [0, 0.1) is 0 Å². The highest BCUT2D eigenvalue weighted by molar-refractivity contribution is 8.13. The van der Waals surface area contributed by atoms with Crippen LogP contribution < -0.4 is 0 Å². The van der Waals surface area contributed by atoms with Crippen molar-refractivity contribution in [3.8, 4) is 0 Å². The molecular formula is C7H13N3S. The van der Waals surface area contributed by atoms with Gasteiger partial charge in [-0.15, -0.1) is 5.10 Å². The normalized spacial score (nSPS) is 24.7. The van der Waals surface area contributed by atoms with Crippen LogP contribution in [-0.2, 0) is 0 Å². The van der Waals surface area contributed by atoms with Crippen LogP contribution in [0.15, 0.2) is 10.1 Å². The Morgan fingerprint density at radius 2 is 2.18 bits per heavy atom. The van der Waals surface area contributed by atoms with E-state index < -0.39 is 0 Å². The fourth-order valence-corrected chi connectivity index (χ4v) is 1.29. The van der Waals surface area contributed by atoms with Crippen molar-refractivity contribution in [2.24, 2.45) is 10.1 Å². The quantitative estimate of drug-likeness (QED) is 0.551. The van der Waals surface area contributed by atoms with E-state index in [9.17, 15) is 0 Å². The van der Waals surface area contributed by atoms with Gasteiger partial charge in [-0.25, -0.2) is 4.99 Å². The molecule has 0 amide bonds. The maximum Gasteiger partial charge on any atom is 0.206 e. The first kappa shape index (κ1) is 8.59. The van der Waals surface area contributed by atoms with E-state index >= 15 is 0 Å². The largest absolute Gasteiger partial charge is 0.289 e. The van der Waals surface area contributed by atoms with E-state index in [1.54, 1.807) is 11.8 Å². The predicted molar refractivity (Wildman–Crippen MR) is 51.3 cm³/mol. The zero-order chi connectivity index (χ0) is 8.43. The van der Waals surface area contributed by atoms with Crippen LogP contribution in [0.4, 0.5) is 0 Å².